The van der Waals surface area contributed by atoms with Gasteiger partial charge in [0, 0.05) is 9.26 Å². The minimum atomic E-state index is 0.836. The molecule has 0 atom stereocenters. The first kappa shape index (κ1) is 7.35. The van der Waals surface area contributed by atoms with Crippen molar-refractivity contribution >= 4 is 28.3 Å². The molecule has 0 aromatic heterocycles. The molecule has 0 unspecified atom stereocenters. The molecule has 0 saturated carbocycles. The van der Waals surface area contributed by atoms with Crippen LogP contribution in [-0.2, 0) is 0 Å². The van der Waals surface area contributed by atoms with E-state index in [-0.39, 0.29) is 0 Å². The van der Waals surface area contributed by atoms with Gasteiger partial charge in [0.15, 0.2) is 6.19 Å². The normalized spacial score (nSPS) is 8.40. The van der Waals surface area contributed by atoms with Gasteiger partial charge in [-0.05, 0) is 46.9 Å². The molecule has 2 nitrogen and oxygen atoms in total. The topological polar surface area (TPSA) is 35.8 Å². The molecule has 1 aromatic rings. The maximum atomic E-state index is 8.23. The lowest BCUT2D eigenvalue weighted by Gasteiger charge is -1.94. The molecule has 0 spiro atoms. The van der Waals surface area contributed by atoms with E-state index < -0.39 is 0 Å². The average Bonchev–Trinajstić information content (AvgIpc) is 1.95. The van der Waals surface area contributed by atoms with E-state index in [4.69, 9.17) is 5.26 Å². The van der Waals surface area contributed by atoms with Gasteiger partial charge in [-0.15, -0.1) is 0 Å². The number of hydrogen-bond acceptors (Lipinski definition) is 2. The van der Waals surface area contributed by atoms with Crippen molar-refractivity contribution in [3.63, 3.8) is 0 Å². The molecule has 0 aliphatic heterocycles. The Hall–Kier alpha value is -0.760. The minimum Gasteiger partial charge on any atom is -0.293 e. The number of rotatable bonds is 1. The minimum absolute atomic E-state index is 0.836. The first-order chi connectivity index (χ1) is 4.83. The number of halogens is 1. The van der Waals surface area contributed by atoms with E-state index in [9.17, 15) is 0 Å². The van der Waals surface area contributed by atoms with Crippen LogP contribution in [0.4, 0.5) is 5.69 Å². The van der Waals surface area contributed by atoms with Crippen LogP contribution in [0.2, 0.25) is 0 Å². The molecule has 0 aliphatic rings. The van der Waals surface area contributed by atoms with Crippen molar-refractivity contribution < 1.29 is 0 Å². The third kappa shape index (κ3) is 1.88. The van der Waals surface area contributed by atoms with E-state index in [0.29, 0.717) is 0 Å². The van der Waals surface area contributed by atoms with Gasteiger partial charge in [0.1, 0.15) is 0 Å². The summed E-state index contributed by atoms with van der Waals surface area (Å²) in [7, 11) is 0. The van der Waals surface area contributed by atoms with E-state index in [2.05, 4.69) is 27.9 Å². The summed E-state index contributed by atoms with van der Waals surface area (Å²) in [5, 5.41) is 10.8. The number of benzene rings is 1. The maximum absolute atomic E-state index is 8.23. The molecular formula is C7H5IN2. The van der Waals surface area contributed by atoms with Crippen molar-refractivity contribution in [2.75, 3.05) is 5.32 Å². The van der Waals surface area contributed by atoms with Crippen molar-refractivity contribution in [2.45, 2.75) is 0 Å². The third-order valence-corrected chi connectivity index (χ3v) is 1.76. The van der Waals surface area contributed by atoms with E-state index in [1.54, 1.807) is 0 Å². The maximum Gasteiger partial charge on any atom is 0.181 e. The number of hydrogen-bond donors (Lipinski definition) is 1. The summed E-state index contributed by atoms with van der Waals surface area (Å²) in [6.45, 7) is 0. The SMILES string of the molecule is N#CNc1ccc(I)cc1. The molecule has 0 amide bonds. The summed E-state index contributed by atoms with van der Waals surface area (Å²) in [6, 6.07) is 7.62. The van der Waals surface area contributed by atoms with Gasteiger partial charge in [0.25, 0.3) is 0 Å². The Morgan fingerprint density at radius 1 is 1.30 bits per heavy atom. The summed E-state index contributed by atoms with van der Waals surface area (Å²) in [6.07, 6.45) is 1.85. The highest BCUT2D eigenvalue weighted by Crippen LogP contribution is 2.09. The fourth-order valence-electron chi connectivity index (χ4n) is 0.598. The third-order valence-electron chi connectivity index (χ3n) is 1.04. The second-order valence-corrected chi connectivity index (χ2v) is 2.99. The van der Waals surface area contributed by atoms with E-state index in [0.717, 1.165) is 5.69 Å². The van der Waals surface area contributed by atoms with Crippen LogP contribution in [0, 0.1) is 15.0 Å². The van der Waals surface area contributed by atoms with Gasteiger partial charge in [-0.3, -0.25) is 5.32 Å². The Morgan fingerprint density at radius 2 is 1.90 bits per heavy atom. The molecule has 3 heteroatoms. The van der Waals surface area contributed by atoms with Crippen LogP contribution < -0.4 is 5.32 Å². The van der Waals surface area contributed by atoms with Gasteiger partial charge in [-0.2, -0.15) is 5.26 Å². The Morgan fingerprint density at radius 3 is 2.40 bits per heavy atom. The molecule has 0 radical (unpaired) electrons. The summed E-state index contributed by atoms with van der Waals surface area (Å²) < 4.78 is 1.17. The van der Waals surface area contributed by atoms with Gasteiger partial charge in [-0.25, -0.2) is 0 Å². The predicted octanol–water partition coefficient (Wildman–Crippen LogP) is 2.18. The van der Waals surface area contributed by atoms with Crippen LogP contribution in [0.15, 0.2) is 24.3 Å². The summed E-state index contributed by atoms with van der Waals surface area (Å²) in [4.78, 5) is 0. The zero-order chi connectivity index (χ0) is 7.40. The van der Waals surface area contributed by atoms with Crippen LogP contribution in [0.1, 0.15) is 0 Å². The zero-order valence-electron chi connectivity index (χ0n) is 5.13. The highest BCUT2D eigenvalue weighted by molar-refractivity contribution is 14.1. The first-order valence-electron chi connectivity index (χ1n) is 2.73. The van der Waals surface area contributed by atoms with E-state index in [1.807, 2.05) is 30.5 Å². The molecule has 0 heterocycles. The highest BCUT2D eigenvalue weighted by atomic mass is 127. The Balaban J connectivity index is 2.81. The lowest BCUT2D eigenvalue weighted by Crippen LogP contribution is -1.85. The number of nitriles is 1. The van der Waals surface area contributed by atoms with Crippen LogP contribution in [0.3, 0.4) is 0 Å². The number of anilines is 1. The van der Waals surface area contributed by atoms with Gasteiger partial charge in [0.2, 0.25) is 0 Å². The molecule has 0 fully saturated rings. The van der Waals surface area contributed by atoms with Gasteiger partial charge >= 0.3 is 0 Å². The Labute approximate surface area is 73.0 Å². The fraction of sp³-hybridized carbons (Fsp3) is 0. The van der Waals surface area contributed by atoms with Crippen molar-refractivity contribution in [2.24, 2.45) is 0 Å². The molecule has 1 N–H and O–H groups in total. The van der Waals surface area contributed by atoms with E-state index >= 15 is 0 Å². The predicted molar refractivity (Wildman–Crippen MR) is 48.4 cm³/mol. The molecule has 1 aromatic carbocycles. The van der Waals surface area contributed by atoms with Crippen LogP contribution in [-0.4, -0.2) is 0 Å². The van der Waals surface area contributed by atoms with Gasteiger partial charge in [-0.1, -0.05) is 0 Å². The molecule has 1 rings (SSSR count). The lowest BCUT2D eigenvalue weighted by atomic mass is 10.3. The van der Waals surface area contributed by atoms with Crippen LogP contribution in [0.5, 0.6) is 0 Å². The van der Waals surface area contributed by atoms with Gasteiger partial charge in [0.05, 0.1) is 0 Å². The standard InChI is InChI=1S/C7H5IN2/c8-6-1-3-7(4-2-6)10-5-9/h1-4,10H. The summed E-state index contributed by atoms with van der Waals surface area (Å²) in [5.74, 6) is 0. The van der Waals surface area contributed by atoms with Crippen molar-refractivity contribution in [1.82, 2.24) is 0 Å². The molecule has 10 heavy (non-hydrogen) atoms. The molecular weight excluding hydrogens is 239 g/mol. The number of nitrogens with zero attached hydrogens (tertiary/aromatic N) is 1. The Kier molecular flexibility index (Phi) is 2.51. The second kappa shape index (κ2) is 3.42. The second-order valence-electron chi connectivity index (χ2n) is 1.74. The fourth-order valence-corrected chi connectivity index (χ4v) is 0.957. The largest absolute Gasteiger partial charge is 0.293 e. The van der Waals surface area contributed by atoms with Crippen molar-refractivity contribution in [1.29, 1.82) is 5.26 Å². The number of nitrogens with one attached hydrogen (secondary N) is 1. The van der Waals surface area contributed by atoms with Gasteiger partial charge < -0.3 is 0 Å². The first-order valence-corrected chi connectivity index (χ1v) is 3.81. The molecule has 50 valence electrons. The molecule has 0 bridgehead atoms. The summed E-state index contributed by atoms with van der Waals surface area (Å²) >= 11 is 2.21. The Bertz CT molecular complexity index is 247. The average molecular weight is 244 g/mol. The lowest BCUT2D eigenvalue weighted by molar-refractivity contribution is 1.47. The highest BCUT2D eigenvalue weighted by Gasteiger charge is 1.87. The quantitative estimate of drug-likeness (QED) is 0.467. The smallest absolute Gasteiger partial charge is 0.181 e. The van der Waals surface area contributed by atoms with Crippen molar-refractivity contribution in [3.8, 4) is 6.19 Å². The van der Waals surface area contributed by atoms with Crippen LogP contribution >= 0.6 is 22.6 Å². The van der Waals surface area contributed by atoms with E-state index in [1.165, 1.54) is 3.57 Å². The van der Waals surface area contributed by atoms with Crippen LogP contribution in [0.25, 0.3) is 0 Å². The molecule has 0 saturated heterocycles. The molecule has 0 aliphatic carbocycles. The summed E-state index contributed by atoms with van der Waals surface area (Å²) in [5.41, 5.74) is 0.836. The monoisotopic (exact) mass is 244 g/mol. The van der Waals surface area contributed by atoms with Crippen molar-refractivity contribution in [3.05, 3.63) is 27.8 Å². The zero-order valence-corrected chi connectivity index (χ0v) is 7.29.